The third-order valence-electron chi connectivity index (χ3n) is 4.25. The van der Waals surface area contributed by atoms with Crippen LogP contribution in [-0.4, -0.2) is 65.7 Å². The van der Waals surface area contributed by atoms with E-state index in [1.165, 1.54) is 6.07 Å². The van der Waals surface area contributed by atoms with Crippen LogP contribution in [0.4, 0.5) is 5.69 Å². The minimum atomic E-state index is -0.412. The number of para-hydroxylation sites is 1. The summed E-state index contributed by atoms with van der Waals surface area (Å²) in [5.74, 6) is 0.814. The van der Waals surface area contributed by atoms with E-state index in [1.54, 1.807) is 30.4 Å². The van der Waals surface area contributed by atoms with Crippen LogP contribution in [0, 0.1) is 10.1 Å². The van der Waals surface area contributed by atoms with E-state index in [-0.39, 0.29) is 11.5 Å². The largest absolute Gasteiger partial charge is 0.301 e. The summed E-state index contributed by atoms with van der Waals surface area (Å²) in [7, 11) is 0. The van der Waals surface area contributed by atoms with Crippen LogP contribution in [0.1, 0.15) is 18.4 Å². The van der Waals surface area contributed by atoms with Crippen molar-refractivity contribution in [1.29, 1.82) is 0 Å². The van der Waals surface area contributed by atoms with E-state index in [0.29, 0.717) is 24.4 Å². The van der Waals surface area contributed by atoms with Crippen LogP contribution in [0.3, 0.4) is 0 Å². The van der Waals surface area contributed by atoms with Crippen LogP contribution < -0.4 is 0 Å². The molecule has 0 unspecified atom stereocenters. The number of piperazine rings is 1. The lowest BCUT2D eigenvalue weighted by atomic mass is 10.1. The minimum Gasteiger partial charge on any atom is -0.301 e. The summed E-state index contributed by atoms with van der Waals surface area (Å²) < 4.78 is 0. The quantitative estimate of drug-likeness (QED) is 0.382. The summed E-state index contributed by atoms with van der Waals surface area (Å²) >= 11 is 5.71. The molecule has 0 aliphatic carbocycles. The molecule has 0 spiro atoms. The molecule has 0 saturated carbocycles. The number of hydrogen-bond donors (Lipinski definition) is 0. The van der Waals surface area contributed by atoms with Gasteiger partial charge in [0.05, 0.1) is 17.0 Å². The molecule has 1 aromatic rings. The Morgan fingerprint density at radius 2 is 1.88 bits per heavy atom. The molecule has 0 atom stereocenters. The molecule has 136 valence electrons. The maximum absolute atomic E-state index is 12.1. The molecule has 25 heavy (non-hydrogen) atoms. The molecule has 1 aliphatic heterocycles. The Bertz CT molecular complexity index is 613. The molecular weight excluding hydrogens is 342 g/mol. The molecule has 0 N–H and O–H groups in total. The topological polar surface area (TPSA) is 66.7 Å². The number of carbonyl (C=O) groups excluding carboxylic acids is 1. The number of rotatable bonds is 9. The number of nitro benzene ring substituents is 1. The molecule has 2 rings (SSSR count). The lowest BCUT2D eigenvalue weighted by Gasteiger charge is -2.34. The zero-order valence-electron chi connectivity index (χ0n) is 14.3. The van der Waals surface area contributed by atoms with Crippen LogP contribution in [0.15, 0.2) is 30.3 Å². The van der Waals surface area contributed by atoms with Crippen LogP contribution >= 0.6 is 11.6 Å². The molecule has 0 amide bonds. The number of nitro groups is 1. The monoisotopic (exact) mass is 365 g/mol. The average molecular weight is 366 g/mol. The summed E-state index contributed by atoms with van der Waals surface area (Å²) in [5, 5.41) is 11.0. The first kappa shape index (κ1) is 19.6. The van der Waals surface area contributed by atoms with E-state index in [2.05, 4.69) is 9.80 Å². The van der Waals surface area contributed by atoms with E-state index >= 15 is 0 Å². The maximum atomic E-state index is 12.1. The maximum Gasteiger partial charge on any atom is 0.276 e. The first-order valence-electron chi connectivity index (χ1n) is 8.52. The fourth-order valence-corrected chi connectivity index (χ4v) is 3.00. The van der Waals surface area contributed by atoms with Gasteiger partial charge >= 0.3 is 0 Å². The van der Waals surface area contributed by atoms with Gasteiger partial charge < -0.3 is 4.90 Å². The Labute approximate surface area is 153 Å². The Morgan fingerprint density at radius 1 is 1.20 bits per heavy atom. The van der Waals surface area contributed by atoms with E-state index in [4.69, 9.17) is 11.6 Å². The van der Waals surface area contributed by atoms with Gasteiger partial charge in [-0.15, -0.1) is 11.6 Å². The van der Waals surface area contributed by atoms with Crippen LogP contribution in [0.2, 0.25) is 0 Å². The molecular formula is C18H24ClN3O3. The van der Waals surface area contributed by atoms with Crippen molar-refractivity contribution in [2.45, 2.75) is 12.8 Å². The molecule has 0 bridgehead atoms. The van der Waals surface area contributed by atoms with Gasteiger partial charge in [0, 0.05) is 44.5 Å². The Hall–Kier alpha value is -1.76. The summed E-state index contributed by atoms with van der Waals surface area (Å²) in [6.45, 7) is 5.17. The van der Waals surface area contributed by atoms with Gasteiger partial charge in [0.1, 0.15) is 0 Å². The SMILES string of the molecule is O=C(CC=Cc1ccccc1[N+](=O)[O-])CN1CCN(CCCCl)CC1. The zero-order chi connectivity index (χ0) is 18.1. The van der Waals surface area contributed by atoms with E-state index < -0.39 is 4.92 Å². The van der Waals surface area contributed by atoms with Gasteiger partial charge in [-0.25, -0.2) is 0 Å². The van der Waals surface area contributed by atoms with Crippen molar-refractivity contribution >= 4 is 29.1 Å². The second kappa shape index (κ2) is 10.3. The van der Waals surface area contributed by atoms with E-state index in [9.17, 15) is 14.9 Å². The molecule has 0 aromatic heterocycles. The first-order valence-corrected chi connectivity index (χ1v) is 9.06. The highest BCUT2D eigenvalue weighted by Gasteiger charge is 2.18. The molecule has 1 aromatic carbocycles. The molecule has 0 radical (unpaired) electrons. The number of hydrogen-bond acceptors (Lipinski definition) is 5. The van der Waals surface area contributed by atoms with Crippen molar-refractivity contribution in [2.75, 3.05) is 45.1 Å². The summed E-state index contributed by atoms with van der Waals surface area (Å²) in [4.78, 5) is 27.2. The molecule has 7 heteroatoms. The number of carbonyl (C=O) groups is 1. The van der Waals surface area contributed by atoms with E-state index in [0.717, 1.165) is 39.1 Å². The average Bonchev–Trinajstić information content (AvgIpc) is 2.61. The van der Waals surface area contributed by atoms with Gasteiger partial charge in [0.2, 0.25) is 0 Å². The third-order valence-corrected chi connectivity index (χ3v) is 4.52. The van der Waals surface area contributed by atoms with Crippen LogP contribution in [0.5, 0.6) is 0 Å². The zero-order valence-corrected chi connectivity index (χ0v) is 15.0. The number of allylic oxidation sites excluding steroid dienone is 1. The standard InChI is InChI=1S/C18H24ClN3O3/c19-9-4-10-20-11-13-21(14-12-20)15-17(23)7-3-6-16-5-1-2-8-18(16)22(24)25/h1-3,5-6,8H,4,7,9-15H2. The van der Waals surface area contributed by atoms with Gasteiger partial charge in [-0.1, -0.05) is 24.3 Å². The van der Waals surface area contributed by atoms with Crippen LogP contribution in [0.25, 0.3) is 6.08 Å². The molecule has 6 nitrogen and oxygen atoms in total. The van der Waals surface area contributed by atoms with Crippen molar-refractivity contribution in [3.63, 3.8) is 0 Å². The number of benzene rings is 1. The fourth-order valence-electron chi connectivity index (χ4n) is 2.88. The lowest BCUT2D eigenvalue weighted by Crippen LogP contribution is -2.48. The van der Waals surface area contributed by atoms with Crippen molar-refractivity contribution in [1.82, 2.24) is 9.80 Å². The Balaban J connectivity index is 1.75. The highest BCUT2D eigenvalue weighted by atomic mass is 35.5. The predicted molar refractivity (Wildman–Crippen MR) is 100.0 cm³/mol. The highest BCUT2D eigenvalue weighted by molar-refractivity contribution is 6.17. The minimum absolute atomic E-state index is 0.0549. The van der Waals surface area contributed by atoms with Crippen molar-refractivity contribution < 1.29 is 9.72 Å². The molecule has 1 aliphatic rings. The molecule has 1 saturated heterocycles. The molecule has 1 heterocycles. The number of alkyl halides is 1. The smallest absolute Gasteiger partial charge is 0.276 e. The van der Waals surface area contributed by atoms with E-state index in [1.807, 2.05) is 0 Å². The number of nitrogens with zero attached hydrogens (tertiary/aromatic N) is 3. The van der Waals surface area contributed by atoms with Gasteiger partial charge in [0.25, 0.3) is 5.69 Å². The highest BCUT2D eigenvalue weighted by Crippen LogP contribution is 2.19. The summed E-state index contributed by atoms with van der Waals surface area (Å²) in [6.07, 6.45) is 4.65. The van der Waals surface area contributed by atoms with Gasteiger partial charge in [0.15, 0.2) is 5.78 Å². The van der Waals surface area contributed by atoms with Gasteiger partial charge in [-0.2, -0.15) is 0 Å². The third kappa shape index (κ3) is 6.57. The van der Waals surface area contributed by atoms with Crippen molar-refractivity contribution in [2.24, 2.45) is 0 Å². The second-order valence-electron chi connectivity index (χ2n) is 6.12. The fraction of sp³-hybridized carbons (Fsp3) is 0.500. The number of Topliss-reactive ketones (excluding diaryl/α,β-unsaturated/α-hetero) is 1. The molecule has 1 fully saturated rings. The second-order valence-corrected chi connectivity index (χ2v) is 6.50. The lowest BCUT2D eigenvalue weighted by molar-refractivity contribution is -0.385. The van der Waals surface area contributed by atoms with Gasteiger partial charge in [-0.05, 0) is 19.0 Å². The predicted octanol–water partition coefficient (Wildman–Crippen LogP) is 2.81. The van der Waals surface area contributed by atoms with Crippen molar-refractivity contribution in [3.8, 4) is 0 Å². The summed E-state index contributed by atoms with van der Waals surface area (Å²) in [6, 6.07) is 6.52. The van der Waals surface area contributed by atoms with Crippen LogP contribution in [-0.2, 0) is 4.79 Å². The number of halogens is 1. The van der Waals surface area contributed by atoms with Gasteiger partial charge in [-0.3, -0.25) is 19.8 Å². The Morgan fingerprint density at radius 3 is 2.56 bits per heavy atom. The first-order chi connectivity index (χ1) is 12.1. The Kier molecular flexibility index (Phi) is 8.04. The van der Waals surface area contributed by atoms with Crippen molar-refractivity contribution in [3.05, 3.63) is 46.0 Å². The summed E-state index contributed by atoms with van der Waals surface area (Å²) in [5.41, 5.74) is 0.576. The number of ketones is 1. The normalized spacial score (nSPS) is 16.4.